The highest BCUT2D eigenvalue weighted by Crippen LogP contribution is 2.34. The second-order valence-corrected chi connectivity index (χ2v) is 6.99. The number of nitrogens with zero attached hydrogens (tertiary/aromatic N) is 2. The van der Waals surface area contributed by atoms with Crippen molar-refractivity contribution in [2.45, 2.75) is 39.7 Å². The van der Waals surface area contributed by atoms with Gasteiger partial charge >= 0.3 is 5.97 Å². The van der Waals surface area contributed by atoms with Crippen LogP contribution in [0.4, 0.5) is 0 Å². The van der Waals surface area contributed by atoms with E-state index in [1.165, 1.54) is 15.8 Å². The van der Waals surface area contributed by atoms with Gasteiger partial charge in [0.15, 0.2) is 0 Å². The average Bonchev–Trinajstić information content (AvgIpc) is 2.92. The molecule has 0 aliphatic heterocycles. The molecule has 0 spiro atoms. The zero-order valence-corrected chi connectivity index (χ0v) is 12.3. The highest BCUT2D eigenvalue weighted by molar-refractivity contribution is 7.18. The molecule has 0 bridgehead atoms. The van der Waals surface area contributed by atoms with E-state index in [2.05, 4.69) is 4.98 Å². The predicted octanol–water partition coefficient (Wildman–Crippen LogP) is 2.06. The molecule has 0 fully saturated rings. The summed E-state index contributed by atoms with van der Waals surface area (Å²) in [6.07, 6.45) is 4.52. The summed E-state index contributed by atoms with van der Waals surface area (Å²) in [5.41, 5.74) is 0.0342. The standard InChI is InChI=1S/C14H16N2O3S/c1-14(2,13(18)19)6-16-7-15-11-10(12(16)17)8-4-3-5-9(8)20-11/h7H,3-6H2,1-2H3,(H,18,19). The molecule has 0 saturated heterocycles. The van der Waals surface area contributed by atoms with Crippen LogP contribution in [-0.4, -0.2) is 20.6 Å². The van der Waals surface area contributed by atoms with Gasteiger partial charge in [-0.25, -0.2) is 4.98 Å². The van der Waals surface area contributed by atoms with E-state index >= 15 is 0 Å². The Labute approximate surface area is 119 Å². The first-order valence-electron chi connectivity index (χ1n) is 6.63. The van der Waals surface area contributed by atoms with Crippen LogP contribution in [0.3, 0.4) is 0 Å². The number of aliphatic carboxylic acids is 1. The Bertz CT molecular complexity index is 758. The summed E-state index contributed by atoms with van der Waals surface area (Å²) >= 11 is 1.59. The molecule has 1 aliphatic carbocycles. The van der Waals surface area contributed by atoms with E-state index in [0.717, 1.165) is 29.7 Å². The van der Waals surface area contributed by atoms with Gasteiger partial charge in [0, 0.05) is 11.4 Å². The van der Waals surface area contributed by atoms with Crippen LogP contribution in [-0.2, 0) is 24.2 Å². The topological polar surface area (TPSA) is 72.2 Å². The quantitative estimate of drug-likeness (QED) is 0.940. The molecule has 6 heteroatoms. The number of rotatable bonds is 3. The maximum atomic E-state index is 12.6. The normalized spacial score (nSPS) is 14.7. The third-order valence-corrected chi connectivity index (χ3v) is 5.04. The molecule has 0 aromatic carbocycles. The van der Waals surface area contributed by atoms with Crippen molar-refractivity contribution in [1.29, 1.82) is 0 Å². The molecular weight excluding hydrogens is 276 g/mol. The largest absolute Gasteiger partial charge is 0.481 e. The van der Waals surface area contributed by atoms with Gasteiger partial charge in [0.2, 0.25) is 0 Å². The molecule has 3 rings (SSSR count). The maximum Gasteiger partial charge on any atom is 0.310 e. The molecular formula is C14H16N2O3S. The number of hydrogen-bond acceptors (Lipinski definition) is 4. The number of carbonyl (C=O) groups is 1. The van der Waals surface area contributed by atoms with Crippen LogP contribution in [0.15, 0.2) is 11.1 Å². The Morgan fingerprint density at radius 2 is 2.25 bits per heavy atom. The Hall–Kier alpha value is -1.69. The summed E-state index contributed by atoms with van der Waals surface area (Å²) < 4.78 is 1.43. The van der Waals surface area contributed by atoms with Gasteiger partial charge in [0.1, 0.15) is 4.83 Å². The van der Waals surface area contributed by atoms with E-state index in [1.807, 2.05) is 0 Å². The average molecular weight is 292 g/mol. The lowest BCUT2D eigenvalue weighted by atomic mass is 9.94. The van der Waals surface area contributed by atoms with Crippen molar-refractivity contribution < 1.29 is 9.90 Å². The number of thiophene rings is 1. The first kappa shape index (κ1) is 13.3. The van der Waals surface area contributed by atoms with Gasteiger partial charge in [-0.15, -0.1) is 11.3 Å². The smallest absolute Gasteiger partial charge is 0.310 e. The zero-order valence-electron chi connectivity index (χ0n) is 11.5. The van der Waals surface area contributed by atoms with Gasteiger partial charge in [0.05, 0.1) is 17.1 Å². The van der Waals surface area contributed by atoms with Crippen LogP contribution in [0.2, 0.25) is 0 Å². The number of aromatic nitrogens is 2. The fourth-order valence-corrected chi connectivity index (χ4v) is 3.85. The highest BCUT2D eigenvalue weighted by atomic mass is 32.1. The molecule has 5 nitrogen and oxygen atoms in total. The molecule has 0 radical (unpaired) electrons. The molecule has 0 atom stereocenters. The van der Waals surface area contributed by atoms with Crippen LogP contribution < -0.4 is 5.56 Å². The fraction of sp³-hybridized carbons (Fsp3) is 0.500. The summed E-state index contributed by atoms with van der Waals surface area (Å²) in [4.78, 5) is 30.2. The van der Waals surface area contributed by atoms with Crippen molar-refractivity contribution in [1.82, 2.24) is 9.55 Å². The summed E-state index contributed by atoms with van der Waals surface area (Å²) in [7, 11) is 0. The maximum absolute atomic E-state index is 12.6. The van der Waals surface area contributed by atoms with Gasteiger partial charge in [-0.1, -0.05) is 0 Å². The minimum absolute atomic E-state index is 0.108. The minimum Gasteiger partial charge on any atom is -0.481 e. The van der Waals surface area contributed by atoms with Crippen molar-refractivity contribution in [3.05, 3.63) is 27.1 Å². The third-order valence-electron chi connectivity index (χ3n) is 3.84. The van der Waals surface area contributed by atoms with Crippen molar-refractivity contribution >= 4 is 27.5 Å². The molecule has 2 heterocycles. The van der Waals surface area contributed by atoms with Gasteiger partial charge < -0.3 is 5.11 Å². The Morgan fingerprint density at radius 1 is 1.50 bits per heavy atom. The molecule has 20 heavy (non-hydrogen) atoms. The van der Waals surface area contributed by atoms with Gasteiger partial charge in [-0.3, -0.25) is 14.2 Å². The molecule has 0 saturated carbocycles. The number of hydrogen-bond donors (Lipinski definition) is 1. The van der Waals surface area contributed by atoms with E-state index in [4.69, 9.17) is 0 Å². The third kappa shape index (κ3) is 1.95. The second kappa shape index (κ2) is 4.41. The van der Waals surface area contributed by atoms with Crippen molar-refractivity contribution in [2.75, 3.05) is 0 Å². The van der Waals surface area contributed by atoms with Crippen LogP contribution in [0.1, 0.15) is 30.7 Å². The first-order chi connectivity index (χ1) is 9.40. The second-order valence-electron chi connectivity index (χ2n) is 5.90. The Balaban J connectivity index is 2.12. The summed E-state index contributed by atoms with van der Waals surface area (Å²) in [5.74, 6) is -0.917. The van der Waals surface area contributed by atoms with E-state index < -0.39 is 11.4 Å². The Kier molecular flexibility index (Phi) is 2.93. The van der Waals surface area contributed by atoms with Gasteiger partial charge in [-0.05, 0) is 38.7 Å². The number of carboxylic acid groups (broad SMARTS) is 1. The van der Waals surface area contributed by atoms with Gasteiger partial charge in [-0.2, -0.15) is 0 Å². The van der Waals surface area contributed by atoms with Crippen molar-refractivity contribution in [3.63, 3.8) is 0 Å². The molecule has 106 valence electrons. The van der Waals surface area contributed by atoms with Crippen molar-refractivity contribution in [2.24, 2.45) is 5.41 Å². The van der Waals surface area contributed by atoms with Gasteiger partial charge in [0.25, 0.3) is 5.56 Å². The molecule has 1 aliphatic rings. The summed E-state index contributed by atoms with van der Waals surface area (Å²) in [6.45, 7) is 3.36. The SMILES string of the molecule is CC(C)(Cn1cnc2sc3c(c2c1=O)CCC3)C(=O)O. The first-order valence-corrected chi connectivity index (χ1v) is 7.45. The van der Waals surface area contributed by atoms with Crippen LogP contribution in [0.25, 0.3) is 10.2 Å². The molecule has 2 aromatic rings. The highest BCUT2D eigenvalue weighted by Gasteiger charge is 2.29. The predicted molar refractivity (Wildman–Crippen MR) is 77.3 cm³/mol. The Morgan fingerprint density at radius 3 is 2.95 bits per heavy atom. The lowest BCUT2D eigenvalue weighted by Crippen LogP contribution is -2.34. The van der Waals surface area contributed by atoms with Crippen LogP contribution >= 0.6 is 11.3 Å². The zero-order chi connectivity index (χ0) is 14.5. The molecule has 0 amide bonds. The number of carboxylic acids is 1. The van der Waals surface area contributed by atoms with Crippen LogP contribution in [0.5, 0.6) is 0 Å². The monoisotopic (exact) mass is 292 g/mol. The lowest BCUT2D eigenvalue weighted by Gasteiger charge is -2.19. The summed E-state index contributed by atoms with van der Waals surface area (Å²) in [6, 6.07) is 0. The summed E-state index contributed by atoms with van der Waals surface area (Å²) in [5, 5.41) is 9.89. The molecule has 2 aromatic heterocycles. The van der Waals surface area contributed by atoms with E-state index in [1.54, 1.807) is 25.2 Å². The fourth-order valence-electron chi connectivity index (χ4n) is 2.63. The van der Waals surface area contributed by atoms with Crippen molar-refractivity contribution in [3.8, 4) is 0 Å². The van der Waals surface area contributed by atoms with E-state index in [0.29, 0.717) is 5.39 Å². The lowest BCUT2D eigenvalue weighted by molar-refractivity contribution is -0.147. The molecule has 0 unspecified atom stereocenters. The molecule has 1 N–H and O–H groups in total. The van der Waals surface area contributed by atoms with E-state index in [9.17, 15) is 14.7 Å². The van der Waals surface area contributed by atoms with Crippen LogP contribution in [0, 0.1) is 5.41 Å². The number of aryl methyl sites for hydroxylation is 2. The number of fused-ring (bicyclic) bond motifs is 3. The van der Waals surface area contributed by atoms with E-state index in [-0.39, 0.29) is 12.1 Å². The minimum atomic E-state index is -0.988.